The van der Waals surface area contributed by atoms with Gasteiger partial charge < -0.3 is 20.0 Å². The predicted octanol–water partition coefficient (Wildman–Crippen LogP) is -1.58. The van der Waals surface area contributed by atoms with Crippen LogP contribution in [0, 0.1) is 5.82 Å². The molecule has 3 N–H and O–H groups in total. The van der Waals surface area contributed by atoms with Crippen molar-refractivity contribution in [3.63, 3.8) is 0 Å². The molecule has 1 fully saturated rings. The van der Waals surface area contributed by atoms with Crippen molar-refractivity contribution in [2.24, 2.45) is 0 Å². The Hall–Kier alpha value is -1.99. The molecule has 1 aromatic carbocycles. The van der Waals surface area contributed by atoms with Gasteiger partial charge in [-0.2, -0.15) is 0 Å². The Morgan fingerprint density at radius 3 is 2.04 bits per heavy atom. The third-order valence-corrected chi connectivity index (χ3v) is 4.72. The molecule has 1 aliphatic rings. The Morgan fingerprint density at radius 1 is 1.00 bits per heavy atom. The summed E-state index contributed by atoms with van der Waals surface area (Å²) in [5, 5.41) is 2.80. The molecule has 1 heterocycles. The number of rotatable bonds is 7. The van der Waals surface area contributed by atoms with Crippen LogP contribution in [0.5, 0.6) is 0 Å². The number of carbonyl (C=O) groups excluding carboxylic acids is 2. The molecule has 0 bridgehead atoms. The number of amides is 2. The topological polar surface area (TPSA) is 58.3 Å². The molecule has 1 aliphatic heterocycles. The number of hydrogen-bond acceptors (Lipinski definition) is 2. The molecule has 7 heteroatoms. The molecule has 0 spiro atoms. The molecule has 0 unspecified atom stereocenters. The molecule has 1 saturated heterocycles. The van der Waals surface area contributed by atoms with Gasteiger partial charge in [0.15, 0.2) is 13.1 Å². The van der Waals surface area contributed by atoms with Crippen molar-refractivity contribution in [1.82, 2.24) is 4.90 Å². The van der Waals surface area contributed by atoms with Gasteiger partial charge in [0.1, 0.15) is 32.0 Å². The van der Waals surface area contributed by atoms with Gasteiger partial charge in [0.2, 0.25) is 0 Å². The predicted molar refractivity (Wildman–Crippen MR) is 94.1 cm³/mol. The first-order chi connectivity index (χ1) is 12.0. The van der Waals surface area contributed by atoms with Crippen molar-refractivity contribution in [3.8, 4) is 0 Å². The third-order valence-electron chi connectivity index (χ3n) is 4.72. The number of piperazine rings is 1. The summed E-state index contributed by atoms with van der Waals surface area (Å²) in [5.41, 5.74) is 0.611. The summed E-state index contributed by atoms with van der Waals surface area (Å²) in [6, 6.07) is 5.78. The second-order valence-corrected chi connectivity index (χ2v) is 6.47. The lowest BCUT2D eigenvalue weighted by Crippen LogP contribution is -3.28. The highest BCUT2D eigenvalue weighted by atomic mass is 19.1. The van der Waals surface area contributed by atoms with Crippen molar-refractivity contribution >= 4 is 17.5 Å². The standard InChI is InChI=1S/C18H27FN4O2/c1-3-23(4-2)18(25)14-22-11-9-21(10-12-22)13-17(24)20-16-7-5-15(19)6-8-16/h5-8H,3-4,9-14H2,1-2H3,(H,20,24)/p+2. The second-order valence-electron chi connectivity index (χ2n) is 6.47. The van der Waals surface area contributed by atoms with Gasteiger partial charge in [-0.25, -0.2) is 4.39 Å². The van der Waals surface area contributed by atoms with Gasteiger partial charge in [0.25, 0.3) is 11.8 Å². The molecule has 2 amide bonds. The van der Waals surface area contributed by atoms with Gasteiger partial charge in [0, 0.05) is 18.8 Å². The van der Waals surface area contributed by atoms with E-state index in [9.17, 15) is 14.0 Å². The molecule has 25 heavy (non-hydrogen) atoms. The normalized spacial score (nSPS) is 20.1. The molecule has 0 atom stereocenters. The highest BCUT2D eigenvalue weighted by Crippen LogP contribution is 2.07. The molecule has 2 rings (SSSR count). The van der Waals surface area contributed by atoms with E-state index in [1.54, 1.807) is 12.1 Å². The lowest BCUT2D eigenvalue weighted by atomic mass is 10.3. The zero-order chi connectivity index (χ0) is 18.2. The molecule has 0 saturated carbocycles. The van der Waals surface area contributed by atoms with Crippen LogP contribution in [-0.2, 0) is 9.59 Å². The number of nitrogens with one attached hydrogen (secondary N) is 3. The van der Waals surface area contributed by atoms with E-state index >= 15 is 0 Å². The first kappa shape index (κ1) is 19.3. The number of quaternary nitrogens is 2. The average molecular weight is 352 g/mol. The maximum absolute atomic E-state index is 12.9. The summed E-state index contributed by atoms with van der Waals surface area (Å²) in [6.07, 6.45) is 0. The molecule has 6 nitrogen and oxygen atoms in total. The van der Waals surface area contributed by atoms with Crippen LogP contribution in [0.15, 0.2) is 24.3 Å². The quantitative estimate of drug-likeness (QED) is 0.555. The van der Waals surface area contributed by atoms with E-state index in [1.165, 1.54) is 21.9 Å². The zero-order valence-electron chi connectivity index (χ0n) is 15.1. The van der Waals surface area contributed by atoms with Crippen molar-refractivity contribution in [2.45, 2.75) is 13.8 Å². The van der Waals surface area contributed by atoms with Crippen LogP contribution in [0.4, 0.5) is 10.1 Å². The van der Waals surface area contributed by atoms with Gasteiger partial charge in [-0.15, -0.1) is 0 Å². The van der Waals surface area contributed by atoms with Crippen LogP contribution in [0.25, 0.3) is 0 Å². The van der Waals surface area contributed by atoms with Gasteiger partial charge in [-0.1, -0.05) is 0 Å². The average Bonchev–Trinajstić information content (AvgIpc) is 2.60. The number of benzene rings is 1. The Labute approximate surface area is 148 Å². The Bertz CT molecular complexity index is 567. The van der Waals surface area contributed by atoms with Crippen molar-refractivity contribution in [2.75, 3.05) is 57.7 Å². The van der Waals surface area contributed by atoms with Gasteiger partial charge in [0.05, 0.1) is 0 Å². The summed E-state index contributed by atoms with van der Waals surface area (Å²) in [5.74, 6) is -0.177. The lowest BCUT2D eigenvalue weighted by molar-refractivity contribution is -1.00. The minimum atomic E-state index is -0.318. The minimum absolute atomic E-state index is 0.0655. The first-order valence-electron chi connectivity index (χ1n) is 9.02. The fraction of sp³-hybridized carbons (Fsp3) is 0.556. The first-order valence-corrected chi connectivity index (χ1v) is 9.02. The summed E-state index contributed by atoms with van der Waals surface area (Å²) >= 11 is 0. The molecule has 0 aromatic heterocycles. The number of likely N-dealkylation sites (N-methyl/N-ethyl adjacent to an activating group) is 1. The Morgan fingerprint density at radius 2 is 1.52 bits per heavy atom. The molecule has 0 radical (unpaired) electrons. The van der Waals surface area contributed by atoms with E-state index in [4.69, 9.17) is 0 Å². The van der Waals surface area contributed by atoms with Gasteiger partial charge >= 0.3 is 0 Å². The minimum Gasteiger partial charge on any atom is -0.338 e. The number of carbonyl (C=O) groups is 2. The van der Waals surface area contributed by atoms with Gasteiger partial charge in [-0.3, -0.25) is 9.59 Å². The maximum Gasteiger partial charge on any atom is 0.279 e. The monoisotopic (exact) mass is 352 g/mol. The van der Waals surface area contributed by atoms with E-state index in [-0.39, 0.29) is 17.6 Å². The van der Waals surface area contributed by atoms with Crippen LogP contribution in [0.1, 0.15) is 13.8 Å². The van der Waals surface area contributed by atoms with E-state index in [0.29, 0.717) is 18.8 Å². The van der Waals surface area contributed by atoms with Crippen LogP contribution >= 0.6 is 0 Å². The number of halogens is 1. The molecule has 0 aliphatic carbocycles. The van der Waals surface area contributed by atoms with Crippen LogP contribution < -0.4 is 15.1 Å². The second kappa shape index (κ2) is 9.48. The fourth-order valence-corrected chi connectivity index (χ4v) is 3.18. The summed E-state index contributed by atoms with van der Waals surface area (Å²) in [4.78, 5) is 28.6. The summed E-state index contributed by atoms with van der Waals surface area (Å²) < 4.78 is 12.9. The van der Waals surface area contributed by atoms with Crippen LogP contribution in [0.3, 0.4) is 0 Å². The molecule has 1 aromatic rings. The number of anilines is 1. The van der Waals surface area contributed by atoms with Gasteiger partial charge in [-0.05, 0) is 38.1 Å². The highest BCUT2D eigenvalue weighted by molar-refractivity contribution is 5.91. The summed E-state index contributed by atoms with van der Waals surface area (Å²) in [6.45, 7) is 9.98. The maximum atomic E-state index is 12.9. The summed E-state index contributed by atoms with van der Waals surface area (Å²) in [7, 11) is 0. The Balaban J connectivity index is 1.72. The Kier molecular flexibility index (Phi) is 7.33. The van der Waals surface area contributed by atoms with Crippen LogP contribution in [0.2, 0.25) is 0 Å². The number of hydrogen-bond donors (Lipinski definition) is 3. The van der Waals surface area contributed by atoms with Crippen molar-refractivity contribution < 1.29 is 23.8 Å². The van der Waals surface area contributed by atoms with E-state index in [2.05, 4.69) is 5.32 Å². The smallest absolute Gasteiger partial charge is 0.279 e. The molecule has 138 valence electrons. The highest BCUT2D eigenvalue weighted by Gasteiger charge is 2.27. The van der Waals surface area contributed by atoms with Crippen molar-refractivity contribution in [3.05, 3.63) is 30.1 Å². The van der Waals surface area contributed by atoms with Crippen LogP contribution in [-0.4, -0.2) is 69.1 Å². The van der Waals surface area contributed by atoms with E-state index < -0.39 is 0 Å². The fourth-order valence-electron chi connectivity index (χ4n) is 3.18. The largest absolute Gasteiger partial charge is 0.338 e. The molecular weight excluding hydrogens is 323 g/mol. The van der Waals surface area contributed by atoms with E-state index in [1.807, 2.05) is 18.7 Å². The van der Waals surface area contributed by atoms with E-state index in [0.717, 1.165) is 39.3 Å². The molecular formula is C18H29FN4O2+2. The van der Waals surface area contributed by atoms with Crippen molar-refractivity contribution in [1.29, 1.82) is 0 Å². The third kappa shape index (κ3) is 6.10. The lowest BCUT2D eigenvalue weighted by Gasteiger charge is -2.30. The SMILES string of the molecule is CCN(CC)C(=O)C[NH+]1CC[NH+](CC(=O)Nc2ccc(F)cc2)CC1. The zero-order valence-corrected chi connectivity index (χ0v) is 15.1. The number of nitrogens with zero attached hydrogens (tertiary/aromatic N) is 1.